The molecule has 8 heteroatoms. The van der Waals surface area contributed by atoms with Crippen molar-refractivity contribution in [2.45, 2.75) is 26.0 Å². The third-order valence-corrected chi connectivity index (χ3v) is 4.11. The Labute approximate surface area is 153 Å². The van der Waals surface area contributed by atoms with Crippen molar-refractivity contribution < 1.29 is 18.7 Å². The van der Waals surface area contributed by atoms with Crippen molar-refractivity contribution in [1.29, 1.82) is 0 Å². The molecule has 0 radical (unpaired) electrons. The van der Waals surface area contributed by atoms with Crippen LogP contribution in [-0.2, 0) is 14.3 Å². The number of morpholine rings is 1. The Morgan fingerprint density at radius 2 is 2.08 bits per heavy atom. The summed E-state index contributed by atoms with van der Waals surface area (Å²) in [5.74, 6) is -0.942. The summed E-state index contributed by atoms with van der Waals surface area (Å²) in [5, 5.41) is 2.56. The van der Waals surface area contributed by atoms with E-state index in [4.69, 9.17) is 10.5 Å². The zero-order chi connectivity index (χ0) is 17.7. The first kappa shape index (κ1) is 21.3. The number of hydrogen-bond donors (Lipinski definition) is 2. The van der Waals surface area contributed by atoms with Crippen molar-refractivity contribution >= 4 is 24.2 Å². The molecule has 1 unspecified atom stereocenters. The lowest BCUT2D eigenvalue weighted by molar-refractivity contribution is -0.139. The van der Waals surface area contributed by atoms with Crippen LogP contribution in [0.1, 0.15) is 25.5 Å². The normalized spacial score (nSPS) is 18.4. The number of rotatable bonds is 5. The van der Waals surface area contributed by atoms with Crippen LogP contribution in [0.5, 0.6) is 0 Å². The number of nitrogens with zero attached hydrogens (tertiary/aromatic N) is 1. The van der Waals surface area contributed by atoms with Crippen molar-refractivity contribution in [3.8, 4) is 0 Å². The van der Waals surface area contributed by atoms with E-state index in [2.05, 4.69) is 5.32 Å². The Balaban J connectivity index is 0.00000312. The van der Waals surface area contributed by atoms with Gasteiger partial charge in [0.1, 0.15) is 11.9 Å². The zero-order valence-electron chi connectivity index (χ0n) is 14.4. The summed E-state index contributed by atoms with van der Waals surface area (Å²) >= 11 is 0. The molecule has 0 aliphatic carbocycles. The largest absolute Gasteiger partial charge is 0.370 e. The minimum atomic E-state index is -0.645. The summed E-state index contributed by atoms with van der Waals surface area (Å²) in [4.78, 5) is 25.7. The fourth-order valence-electron chi connectivity index (χ4n) is 2.50. The number of nitrogens with two attached hydrogens (primary N) is 1. The summed E-state index contributed by atoms with van der Waals surface area (Å²) in [6.45, 7) is 4.55. The number of carbonyl (C=O) groups excluding carboxylic acids is 2. The summed E-state index contributed by atoms with van der Waals surface area (Å²) < 4.78 is 19.4. The van der Waals surface area contributed by atoms with E-state index in [-0.39, 0.29) is 49.0 Å². The van der Waals surface area contributed by atoms with E-state index >= 15 is 0 Å². The number of carbonyl (C=O) groups is 2. The van der Waals surface area contributed by atoms with E-state index < -0.39 is 12.1 Å². The van der Waals surface area contributed by atoms with Gasteiger partial charge in [0.15, 0.2) is 0 Å². The maximum absolute atomic E-state index is 13.9. The molecule has 1 aliphatic rings. The molecule has 25 heavy (non-hydrogen) atoms. The lowest BCUT2D eigenvalue weighted by Gasteiger charge is -2.33. The van der Waals surface area contributed by atoms with Crippen LogP contribution in [0.4, 0.5) is 4.39 Å². The number of amides is 2. The van der Waals surface area contributed by atoms with Gasteiger partial charge in [-0.1, -0.05) is 32.0 Å². The average molecular weight is 374 g/mol. The highest BCUT2D eigenvalue weighted by molar-refractivity contribution is 5.87. The summed E-state index contributed by atoms with van der Waals surface area (Å²) in [5.41, 5.74) is 6.17. The SMILES string of the molecule is CC(C)[C@H](N)C(=O)NCC(=O)N1CCOC(c2ccccc2F)C1.Cl. The molecule has 6 nitrogen and oxygen atoms in total. The van der Waals surface area contributed by atoms with Crippen LogP contribution in [-0.4, -0.2) is 49.0 Å². The standard InChI is InChI=1S/C17H24FN3O3.ClH/c1-11(2)16(19)17(23)20-9-15(22)21-7-8-24-14(10-21)12-5-3-4-6-13(12)18;/h3-6,11,14,16H,7-10,19H2,1-2H3,(H,20,23);1H/t14?,16-;/m0./s1. The molecule has 2 amide bonds. The molecule has 1 aromatic rings. The van der Waals surface area contributed by atoms with Crippen LogP contribution >= 0.6 is 12.4 Å². The monoisotopic (exact) mass is 373 g/mol. The van der Waals surface area contributed by atoms with Crippen molar-refractivity contribution in [3.63, 3.8) is 0 Å². The van der Waals surface area contributed by atoms with Gasteiger partial charge in [-0.05, 0) is 12.0 Å². The van der Waals surface area contributed by atoms with Gasteiger partial charge >= 0.3 is 0 Å². The molecule has 1 aromatic carbocycles. The maximum Gasteiger partial charge on any atom is 0.242 e. The van der Waals surface area contributed by atoms with Gasteiger partial charge < -0.3 is 20.7 Å². The number of benzene rings is 1. The highest BCUT2D eigenvalue weighted by atomic mass is 35.5. The molecule has 140 valence electrons. The summed E-state index contributed by atoms with van der Waals surface area (Å²) in [6, 6.07) is 5.71. The van der Waals surface area contributed by atoms with Crippen LogP contribution < -0.4 is 11.1 Å². The molecular weight excluding hydrogens is 349 g/mol. The van der Waals surface area contributed by atoms with Gasteiger partial charge in [0.25, 0.3) is 0 Å². The third kappa shape index (κ3) is 5.66. The highest BCUT2D eigenvalue weighted by Crippen LogP contribution is 2.24. The van der Waals surface area contributed by atoms with Gasteiger partial charge in [-0.2, -0.15) is 0 Å². The Kier molecular flexibility index (Phi) is 8.28. The van der Waals surface area contributed by atoms with Crippen molar-refractivity contribution in [2.24, 2.45) is 11.7 Å². The van der Waals surface area contributed by atoms with Crippen molar-refractivity contribution in [1.82, 2.24) is 10.2 Å². The first-order valence-electron chi connectivity index (χ1n) is 8.07. The molecule has 1 aliphatic heterocycles. The van der Waals surface area contributed by atoms with Gasteiger partial charge in [-0.15, -0.1) is 12.4 Å². The molecular formula is C17H25ClFN3O3. The van der Waals surface area contributed by atoms with E-state index in [1.807, 2.05) is 13.8 Å². The summed E-state index contributed by atoms with van der Waals surface area (Å²) in [6.07, 6.45) is -0.502. The van der Waals surface area contributed by atoms with Crippen molar-refractivity contribution in [3.05, 3.63) is 35.6 Å². The molecule has 0 bridgehead atoms. The molecule has 1 heterocycles. The molecule has 0 spiro atoms. The summed E-state index contributed by atoms with van der Waals surface area (Å²) in [7, 11) is 0. The smallest absolute Gasteiger partial charge is 0.242 e. The number of halogens is 2. The number of nitrogens with one attached hydrogen (secondary N) is 1. The van der Waals surface area contributed by atoms with Gasteiger partial charge in [0.05, 0.1) is 25.7 Å². The molecule has 0 saturated carbocycles. The van der Waals surface area contributed by atoms with Gasteiger partial charge in [0.2, 0.25) is 11.8 Å². The molecule has 0 aromatic heterocycles. The van der Waals surface area contributed by atoms with Gasteiger partial charge in [-0.3, -0.25) is 9.59 Å². The predicted octanol–water partition coefficient (Wildman–Crippen LogP) is 1.25. The number of hydrogen-bond acceptors (Lipinski definition) is 4. The van der Waals surface area contributed by atoms with Crippen LogP contribution in [0.25, 0.3) is 0 Å². The first-order chi connectivity index (χ1) is 11.4. The minimum Gasteiger partial charge on any atom is -0.370 e. The van der Waals surface area contributed by atoms with Crippen LogP contribution in [0.15, 0.2) is 24.3 Å². The van der Waals surface area contributed by atoms with E-state index in [1.54, 1.807) is 23.1 Å². The Hall–Kier alpha value is -1.70. The van der Waals surface area contributed by atoms with E-state index in [0.717, 1.165) is 0 Å². The van der Waals surface area contributed by atoms with Crippen molar-refractivity contribution in [2.75, 3.05) is 26.2 Å². The minimum absolute atomic E-state index is 0. The van der Waals surface area contributed by atoms with Crippen LogP contribution in [0.2, 0.25) is 0 Å². The molecule has 2 atom stereocenters. The quantitative estimate of drug-likeness (QED) is 0.813. The second-order valence-electron chi connectivity index (χ2n) is 6.21. The Bertz CT molecular complexity index is 600. The van der Waals surface area contributed by atoms with Gasteiger partial charge in [0, 0.05) is 12.1 Å². The van der Waals surface area contributed by atoms with E-state index in [1.165, 1.54) is 6.07 Å². The second-order valence-corrected chi connectivity index (χ2v) is 6.21. The molecule has 3 N–H and O–H groups in total. The molecule has 2 rings (SSSR count). The molecule has 1 fully saturated rings. The molecule has 1 saturated heterocycles. The fraction of sp³-hybridized carbons (Fsp3) is 0.529. The van der Waals surface area contributed by atoms with Crippen LogP contribution in [0.3, 0.4) is 0 Å². The average Bonchev–Trinajstić information content (AvgIpc) is 2.59. The predicted molar refractivity (Wildman–Crippen MR) is 94.7 cm³/mol. The first-order valence-corrected chi connectivity index (χ1v) is 8.07. The van der Waals surface area contributed by atoms with E-state index in [9.17, 15) is 14.0 Å². The fourth-order valence-corrected chi connectivity index (χ4v) is 2.50. The lowest BCUT2D eigenvalue weighted by Crippen LogP contribution is -2.50. The Morgan fingerprint density at radius 1 is 1.40 bits per heavy atom. The van der Waals surface area contributed by atoms with Gasteiger partial charge in [-0.25, -0.2) is 4.39 Å². The zero-order valence-corrected chi connectivity index (χ0v) is 15.2. The topological polar surface area (TPSA) is 84.7 Å². The van der Waals surface area contributed by atoms with E-state index in [0.29, 0.717) is 18.7 Å². The lowest BCUT2D eigenvalue weighted by atomic mass is 10.1. The third-order valence-electron chi connectivity index (χ3n) is 4.11. The second kappa shape index (κ2) is 9.70. The Morgan fingerprint density at radius 3 is 2.72 bits per heavy atom. The number of ether oxygens (including phenoxy) is 1. The highest BCUT2D eigenvalue weighted by Gasteiger charge is 2.27. The maximum atomic E-state index is 13.9. The van der Waals surface area contributed by atoms with Crippen LogP contribution in [0, 0.1) is 11.7 Å².